The number of likely N-dealkylation sites (N-methyl/N-ethyl adjacent to an activating group) is 1. The summed E-state index contributed by atoms with van der Waals surface area (Å²) in [6.07, 6.45) is -0.566. The van der Waals surface area contributed by atoms with E-state index in [1.165, 1.54) is 4.90 Å². The van der Waals surface area contributed by atoms with Gasteiger partial charge in [-0.15, -0.1) is 0 Å². The van der Waals surface area contributed by atoms with Crippen LogP contribution < -0.4 is 0 Å². The molecule has 3 heterocycles. The molecule has 1 aromatic rings. The third kappa shape index (κ3) is 3.55. The number of allylic oxidation sites excluding steroid dienone is 2. The second-order valence-corrected chi connectivity index (χ2v) is 8.56. The van der Waals surface area contributed by atoms with E-state index in [1.54, 1.807) is 11.9 Å². The maximum Gasteiger partial charge on any atom is 0.328 e. The first-order valence-electron chi connectivity index (χ1n) is 10.9. The van der Waals surface area contributed by atoms with E-state index in [0.717, 1.165) is 28.1 Å². The van der Waals surface area contributed by atoms with Gasteiger partial charge in [-0.3, -0.25) is 14.6 Å². The van der Waals surface area contributed by atoms with E-state index in [4.69, 9.17) is 14.8 Å². The molecule has 0 aromatic heterocycles. The van der Waals surface area contributed by atoms with Crippen LogP contribution >= 0.6 is 0 Å². The monoisotopic (exact) mass is 441 g/mol. The average Bonchev–Trinajstić information content (AvgIpc) is 3.26. The number of benzene rings is 1. The van der Waals surface area contributed by atoms with Gasteiger partial charge in [0, 0.05) is 25.0 Å². The van der Waals surface area contributed by atoms with Crippen LogP contribution in [-0.4, -0.2) is 88.2 Å². The van der Waals surface area contributed by atoms with Gasteiger partial charge in [-0.05, 0) is 38.8 Å². The highest BCUT2D eigenvalue weighted by Crippen LogP contribution is 2.38. The molecule has 1 fully saturated rings. The van der Waals surface area contributed by atoms with Gasteiger partial charge in [0.2, 0.25) is 5.96 Å². The second kappa shape index (κ2) is 8.55. The fraction of sp³-hybridized carbons (Fsp3) is 0.522. The maximum atomic E-state index is 13.6. The van der Waals surface area contributed by atoms with Crippen molar-refractivity contribution in [1.29, 1.82) is 0 Å². The van der Waals surface area contributed by atoms with E-state index in [-0.39, 0.29) is 31.7 Å². The lowest BCUT2D eigenvalue weighted by Gasteiger charge is -2.41. The molecule has 3 aliphatic heterocycles. The van der Waals surface area contributed by atoms with Crippen molar-refractivity contribution in [1.82, 2.24) is 19.6 Å². The number of aliphatic hydroxyl groups is 1. The van der Waals surface area contributed by atoms with Crippen LogP contribution in [0.15, 0.2) is 34.6 Å². The number of hydrogen-bond donors (Lipinski definition) is 1. The number of fused-ring (bicyclic) bond motifs is 3. The fourth-order valence-electron chi connectivity index (χ4n) is 4.56. The van der Waals surface area contributed by atoms with Crippen LogP contribution in [0, 0.1) is 13.8 Å². The predicted molar refractivity (Wildman–Crippen MR) is 119 cm³/mol. The Kier molecular flexibility index (Phi) is 5.96. The highest BCUT2D eigenvalue weighted by molar-refractivity contribution is 6.05. The Labute approximate surface area is 188 Å². The number of aryl methyl sites for hydroxylation is 2. The van der Waals surface area contributed by atoms with Crippen LogP contribution in [0.25, 0.3) is 0 Å². The Bertz CT molecular complexity index is 1000. The Morgan fingerprint density at radius 2 is 1.81 bits per heavy atom. The maximum absolute atomic E-state index is 13.6. The van der Waals surface area contributed by atoms with Gasteiger partial charge >= 0.3 is 6.03 Å². The Hall–Kier alpha value is -2.91. The lowest BCUT2D eigenvalue weighted by molar-refractivity contribution is -0.137. The third-order valence-electron chi connectivity index (χ3n) is 6.53. The number of hydrogen-bond acceptors (Lipinski definition) is 7. The van der Waals surface area contributed by atoms with Gasteiger partial charge in [0.05, 0.1) is 26.4 Å². The van der Waals surface area contributed by atoms with Crippen molar-refractivity contribution >= 4 is 17.9 Å². The number of carbonyl (C=O) groups is 2. The van der Waals surface area contributed by atoms with Crippen LogP contribution in [0.1, 0.15) is 30.5 Å². The first-order valence-corrected chi connectivity index (χ1v) is 10.9. The molecule has 4 rings (SSSR count). The quantitative estimate of drug-likeness (QED) is 0.647. The minimum Gasteiger partial charge on any atom is -0.394 e. The summed E-state index contributed by atoms with van der Waals surface area (Å²) < 4.78 is 5.43. The molecule has 0 aliphatic carbocycles. The van der Waals surface area contributed by atoms with E-state index in [1.807, 2.05) is 55.7 Å². The largest absolute Gasteiger partial charge is 0.394 e. The van der Waals surface area contributed by atoms with E-state index >= 15 is 0 Å². The molecule has 3 aliphatic rings. The highest BCUT2D eigenvalue weighted by atomic mass is 16.5. The van der Waals surface area contributed by atoms with Crippen molar-refractivity contribution in [2.45, 2.75) is 46.4 Å². The minimum absolute atomic E-state index is 0.0251. The average molecular weight is 442 g/mol. The number of aliphatic hydroxyl groups excluding tert-OH is 1. The van der Waals surface area contributed by atoms with Crippen molar-refractivity contribution in [2.24, 2.45) is 4.99 Å². The molecular weight excluding hydrogens is 410 g/mol. The Balaban J connectivity index is 1.60. The van der Waals surface area contributed by atoms with Crippen LogP contribution in [0.5, 0.6) is 0 Å². The lowest BCUT2D eigenvalue weighted by atomic mass is 10.0. The van der Waals surface area contributed by atoms with E-state index in [9.17, 15) is 9.59 Å². The van der Waals surface area contributed by atoms with Gasteiger partial charge in [0.25, 0.3) is 5.91 Å². The zero-order chi connectivity index (χ0) is 23.2. The van der Waals surface area contributed by atoms with E-state index in [2.05, 4.69) is 0 Å². The summed E-state index contributed by atoms with van der Waals surface area (Å²) in [5.74, 6) is 0.437. The van der Waals surface area contributed by atoms with Crippen molar-refractivity contribution in [2.75, 3.05) is 33.4 Å². The van der Waals surface area contributed by atoms with Crippen LogP contribution in [-0.2, 0) is 16.1 Å². The molecule has 1 saturated heterocycles. The standard InChI is InChI=1S/C23H31N5O4/c1-14-6-7-15(2)18(12-14)13-27-21(30)19-20(25(5)23(27)31)24-22-26(8-10-32-11-9-29)16(3)17(4)28(19)22/h6-7,12,19-20,29H,8-11,13H2,1-5H3. The van der Waals surface area contributed by atoms with Gasteiger partial charge in [0.15, 0.2) is 12.2 Å². The first kappa shape index (κ1) is 22.3. The number of urea groups is 1. The SMILES string of the molecule is CC1=C(C)N2C(=NC3C2C(=O)N(Cc2cc(C)ccc2C)C(=O)N3C)N1CCOCCO. The molecule has 9 nitrogen and oxygen atoms in total. The van der Waals surface area contributed by atoms with Gasteiger partial charge in [-0.1, -0.05) is 23.8 Å². The minimum atomic E-state index is -0.587. The summed E-state index contributed by atoms with van der Waals surface area (Å²) in [4.78, 5) is 38.4. The molecule has 9 heteroatoms. The molecule has 0 saturated carbocycles. The summed E-state index contributed by atoms with van der Waals surface area (Å²) in [6, 6.07) is 5.14. The van der Waals surface area contributed by atoms with E-state index in [0.29, 0.717) is 19.1 Å². The third-order valence-corrected chi connectivity index (χ3v) is 6.53. The summed E-state index contributed by atoms with van der Waals surface area (Å²) in [6.45, 7) is 9.43. The molecule has 0 spiro atoms. The number of carbonyl (C=O) groups excluding carboxylic acids is 2. The van der Waals surface area contributed by atoms with Crippen molar-refractivity contribution in [3.05, 3.63) is 46.3 Å². The van der Waals surface area contributed by atoms with Crippen LogP contribution in [0.3, 0.4) is 0 Å². The summed E-state index contributed by atoms with van der Waals surface area (Å²) in [7, 11) is 1.70. The molecule has 0 bridgehead atoms. The molecule has 172 valence electrons. The Morgan fingerprint density at radius 1 is 1.06 bits per heavy atom. The molecule has 1 aromatic carbocycles. The lowest BCUT2D eigenvalue weighted by Crippen LogP contribution is -2.64. The topological polar surface area (TPSA) is 88.9 Å². The molecule has 2 unspecified atom stereocenters. The van der Waals surface area contributed by atoms with Crippen molar-refractivity contribution in [3.8, 4) is 0 Å². The predicted octanol–water partition coefficient (Wildman–Crippen LogP) is 1.64. The first-order chi connectivity index (χ1) is 15.3. The number of guanidine groups is 1. The van der Waals surface area contributed by atoms with Crippen LogP contribution in [0.2, 0.25) is 0 Å². The van der Waals surface area contributed by atoms with Crippen LogP contribution in [0.4, 0.5) is 4.79 Å². The number of imide groups is 1. The van der Waals surface area contributed by atoms with Gasteiger partial charge in [0.1, 0.15) is 0 Å². The highest BCUT2D eigenvalue weighted by Gasteiger charge is 2.55. The summed E-state index contributed by atoms with van der Waals surface area (Å²) in [5, 5.41) is 8.93. The molecule has 3 amide bonds. The molecular formula is C23H31N5O4. The molecule has 1 N–H and O–H groups in total. The van der Waals surface area contributed by atoms with Gasteiger partial charge in [-0.25, -0.2) is 9.79 Å². The smallest absolute Gasteiger partial charge is 0.328 e. The zero-order valence-corrected chi connectivity index (χ0v) is 19.3. The second-order valence-electron chi connectivity index (χ2n) is 8.56. The zero-order valence-electron chi connectivity index (χ0n) is 19.3. The van der Waals surface area contributed by atoms with Crippen molar-refractivity contribution in [3.63, 3.8) is 0 Å². The number of amides is 3. The van der Waals surface area contributed by atoms with Crippen molar-refractivity contribution < 1.29 is 19.4 Å². The number of nitrogens with zero attached hydrogens (tertiary/aromatic N) is 5. The fourth-order valence-corrected chi connectivity index (χ4v) is 4.56. The number of aliphatic imine (C=N–C) groups is 1. The van der Waals surface area contributed by atoms with Gasteiger partial charge < -0.3 is 19.6 Å². The van der Waals surface area contributed by atoms with E-state index < -0.39 is 12.2 Å². The summed E-state index contributed by atoms with van der Waals surface area (Å²) in [5.41, 5.74) is 5.05. The normalized spacial score (nSPS) is 22.8. The number of rotatable bonds is 7. The summed E-state index contributed by atoms with van der Waals surface area (Å²) >= 11 is 0. The van der Waals surface area contributed by atoms with Gasteiger partial charge in [-0.2, -0.15) is 0 Å². The number of ether oxygens (including phenoxy) is 1. The molecule has 32 heavy (non-hydrogen) atoms. The Morgan fingerprint density at radius 3 is 2.53 bits per heavy atom. The molecule has 2 atom stereocenters. The molecule has 0 radical (unpaired) electrons.